The highest BCUT2D eigenvalue weighted by Crippen LogP contribution is 2.33. The van der Waals surface area contributed by atoms with Crippen LogP contribution < -0.4 is 10.1 Å². The maximum absolute atomic E-state index is 13.3. The molecule has 2 saturated carbocycles. The van der Waals surface area contributed by atoms with Crippen LogP contribution in [0.5, 0.6) is 5.88 Å². The van der Waals surface area contributed by atoms with Crippen LogP contribution in [0.15, 0.2) is 36.5 Å². The molecule has 148 valence electrons. The van der Waals surface area contributed by atoms with E-state index < -0.39 is 5.60 Å². The minimum atomic E-state index is -0.809. The van der Waals surface area contributed by atoms with Gasteiger partial charge in [0, 0.05) is 18.3 Å². The zero-order valence-corrected chi connectivity index (χ0v) is 15.8. The number of aromatic nitrogens is 1. The molecule has 1 aromatic heterocycles. The molecule has 0 atom stereocenters. The average molecular weight is 384 g/mol. The zero-order chi connectivity index (χ0) is 19.6. The van der Waals surface area contributed by atoms with Crippen LogP contribution in [0.1, 0.15) is 48.9 Å². The molecule has 2 N–H and O–H groups in total. The summed E-state index contributed by atoms with van der Waals surface area (Å²) < 4.78 is 19.2. The van der Waals surface area contributed by atoms with Crippen LogP contribution in [0.25, 0.3) is 11.1 Å². The monoisotopic (exact) mass is 384 g/mol. The molecule has 0 aliphatic heterocycles. The minimum absolute atomic E-state index is 0.234. The van der Waals surface area contributed by atoms with Crippen LogP contribution in [-0.4, -0.2) is 34.8 Å². The first-order chi connectivity index (χ1) is 13.5. The Kier molecular flexibility index (Phi) is 5.31. The van der Waals surface area contributed by atoms with Gasteiger partial charge in [0.05, 0.1) is 17.8 Å². The molecule has 2 aromatic rings. The summed E-state index contributed by atoms with van der Waals surface area (Å²) in [5.74, 6) is 0.406. The van der Waals surface area contributed by atoms with Crippen molar-refractivity contribution in [2.45, 2.75) is 44.1 Å². The van der Waals surface area contributed by atoms with E-state index >= 15 is 0 Å². The molecule has 2 aliphatic rings. The van der Waals surface area contributed by atoms with Crippen LogP contribution >= 0.6 is 0 Å². The number of pyridine rings is 1. The van der Waals surface area contributed by atoms with Crippen molar-refractivity contribution >= 4 is 5.91 Å². The fourth-order valence-electron chi connectivity index (χ4n) is 3.57. The Morgan fingerprint density at radius 3 is 2.64 bits per heavy atom. The molecule has 1 amide bonds. The fraction of sp³-hybridized carbons (Fsp3) is 0.455. The number of ether oxygens (including phenoxy) is 1. The van der Waals surface area contributed by atoms with Crippen LogP contribution in [0.2, 0.25) is 0 Å². The second-order valence-corrected chi connectivity index (χ2v) is 7.95. The van der Waals surface area contributed by atoms with Crippen molar-refractivity contribution in [3.05, 3.63) is 47.9 Å². The van der Waals surface area contributed by atoms with Crippen molar-refractivity contribution in [2.24, 2.45) is 5.92 Å². The number of carbonyl (C=O) groups is 1. The SMILES string of the molecule is O=C(NCC1(O)CCCC1)c1cnc(OCC2CC2)c(-c2ccc(F)cc2)c1. The highest BCUT2D eigenvalue weighted by atomic mass is 19.1. The third-order valence-corrected chi connectivity index (χ3v) is 5.53. The standard InChI is InChI=1S/C22H25FN2O3/c23-18-7-5-16(6-8-18)19-11-17(12-24-21(19)28-13-15-3-4-15)20(26)25-14-22(27)9-1-2-10-22/h5-8,11-12,15,27H,1-4,9-10,13-14H2,(H,25,26). The molecular weight excluding hydrogens is 359 g/mol. The molecule has 4 rings (SSSR count). The Labute approximate surface area is 163 Å². The van der Waals surface area contributed by atoms with E-state index in [0.717, 1.165) is 31.2 Å². The molecule has 2 fully saturated rings. The van der Waals surface area contributed by atoms with E-state index in [4.69, 9.17) is 4.74 Å². The van der Waals surface area contributed by atoms with Gasteiger partial charge in [0.25, 0.3) is 5.91 Å². The maximum atomic E-state index is 13.3. The number of nitrogens with zero attached hydrogens (tertiary/aromatic N) is 1. The van der Waals surface area contributed by atoms with Gasteiger partial charge < -0.3 is 15.2 Å². The number of hydrogen-bond donors (Lipinski definition) is 2. The number of halogens is 1. The predicted molar refractivity (Wildman–Crippen MR) is 104 cm³/mol. The Hall–Kier alpha value is -2.47. The number of amides is 1. The summed E-state index contributed by atoms with van der Waals surface area (Å²) in [5.41, 5.74) is 0.979. The largest absolute Gasteiger partial charge is 0.477 e. The van der Waals surface area contributed by atoms with Crippen molar-refractivity contribution in [1.82, 2.24) is 10.3 Å². The highest BCUT2D eigenvalue weighted by Gasteiger charge is 2.31. The Morgan fingerprint density at radius 1 is 1.25 bits per heavy atom. The van der Waals surface area contributed by atoms with Gasteiger partial charge in [0.2, 0.25) is 5.88 Å². The summed E-state index contributed by atoms with van der Waals surface area (Å²) in [6.07, 6.45) is 7.19. The summed E-state index contributed by atoms with van der Waals surface area (Å²) in [6.45, 7) is 0.831. The molecule has 1 heterocycles. The summed E-state index contributed by atoms with van der Waals surface area (Å²) >= 11 is 0. The van der Waals surface area contributed by atoms with Crippen LogP contribution in [0.4, 0.5) is 4.39 Å². The van der Waals surface area contributed by atoms with E-state index in [0.29, 0.717) is 42.4 Å². The Bertz CT molecular complexity index is 843. The first-order valence-electron chi connectivity index (χ1n) is 9.92. The van der Waals surface area contributed by atoms with E-state index in [2.05, 4.69) is 10.3 Å². The average Bonchev–Trinajstić information content (AvgIpc) is 3.44. The number of hydrogen-bond acceptors (Lipinski definition) is 4. The summed E-state index contributed by atoms with van der Waals surface area (Å²) in [5, 5.41) is 13.3. The molecule has 0 radical (unpaired) electrons. The van der Waals surface area contributed by atoms with Crippen molar-refractivity contribution in [3.63, 3.8) is 0 Å². The van der Waals surface area contributed by atoms with Crippen molar-refractivity contribution in [3.8, 4) is 17.0 Å². The van der Waals surface area contributed by atoms with Gasteiger partial charge in [-0.1, -0.05) is 25.0 Å². The molecule has 28 heavy (non-hydrogen) atoms. The van der Waals surface area contributed by atoms with Gasteiger partial charge >= 0.3 is 0 Å². The number of nitrogens with one attached hydrogen (secondary N) is 1. The molecule has 1 aromatic carbocycles. The highest BCUT2D eigenvalue weighted by molar-refractivity contribution is 5.95. The van der Waals surface area contributed by atoms with Crippen LogP contribution in [0.3, 0.4) is 0 Å². The summed E-state index contributed by atoms with van der Waals surface area (Å²) in [7, 11) is 0. The van der Waals surface area contributed by atoms with Gasteiger partial charge in [-0.25, -0.2) is 9.37 Å². The lowest BCUT2D eigenvalue weighted by Gasteiger charge is -2.22. The van der Waals surface area contributed by atoms with E-state index in [1.54, 1.807) is 18.2 Å². The molecule has 0 bridgehead atoms. The topological polar surface area (TPSA) is 71.5 Å². The minimum Gasteiger partial charge on any atom is -0.477 e. The lowest BCUT2D eigenvalue weighted by molar-refractivity contribution is 0.0449. The lowest BCUT2D eigenvalue weighted by Crippen LogP contribution is -2.40. The van der Waals surface area contributed by atoms with E-state index in [9.17, 15) is 14.3 Å². The first-order valence-corrected chi connectivity index (χ1v) is 9.92. The second-order valence-electron chi connectivity index (χ2n) is 7.95. The molecule has 0 spiro atoms. The van der Waals surface area contributed by atoms with Gasteiger partial charge in [-0.2, -0.15) is 0 Å². The van der Waals surface area contributed by atoms with Crippen molar-refractivity contribution in [2.75, 3.05) is 13.2 Å². The van der Waals surface area contributed by atoms with Crippen molar-refractivity contribution < 1.29 is 19.0 Å². The molecule has 0 unspecified atom stereocenters. The van der Waals surface area contributed by atoms with Crippen LogP contribution in [-0.2, 0) is 0 Å². The number of carbonyl (C=O) groups excluding carboxylic acids is 1. The lowest BCUT2D eigenvalue weighted by atomic mass is 10.0. The Morgan fingerprint density at radius 2 is 1.96 bits per heavy atom. The molecular formula is C22H25FN2O3. The number of benzene rings is 1. The first kappa shape index (κ1) is 18.9. The third-order valence-electron chi connectivity index (χ3n) is 5.53. The van der Waals surface area contributed by atoms with Gasteiger partial charge in [-0.3, -0.25) is 4.79 Å². The predicted octanol–water partition coefficient (Wildman–Crippen LogP) is 3.71. The quantitative estimate of drug-likeness (QED) is 0.763. The van der Waals surface area contributed by atoms with Gasteiger partial charge in [0.15, 0.2) is 0 Å². The zero-order valence-electron chi connectivity index (χ0n) is 15.8. The summed E-state index contributed by atoms with van der Waals surface area (Å²) in [6, 6.07) is 7.78. The fourth-order valence-corrected chi connectivity index (χ4v) is 3.57. The van der Waals surface area contributed by atoms with Gasteiger partial charge in [-0.15, -0.1) is 0 Å². The second kappa shape index (κ2) is 7.87. The molecule has 0 saturated heterocycles. The van der Waals surface area contributed by atoms with Crippen LogP contribution in [0, 0.1) is 11.7 Å². The Balaban J connectivity index is 1.54. The third kappa shape index (κ3) is 4.50. The van der Waals surface area contributed by atoms with Crippen molar-refractivity contribution in [1.29, 1.82) is 0 Å². The van der Waals surface area contributed by atoms with E-state index in [1.807, 2.05) is 0 Å². The molecule has 2 aliphatic carbocycles. The van der Waals surface area contributed by atoms with E-state index in [-0.39, 0.29) is 18.3 Å². The summed E-state index contributed by atoms with van der Waals surface area (Å²) in [4.78, 5) is 17.0. The smallest absolute Gasteiger partial charge is 0.252 e. The number of rotatable bonds is 7. The van der Waals surface area contributed by atoms with Gasteiger partial charge in [-0.05, 0) is 55.4 Å². The molecule has 5 nitrogen and oxygen atoms in total. The van der Waals surface area contributed by atoms with Gasteiger partial charge in [0.1, 0.15) is 5.82 Å². The number of aliphatic hydroxyl groups is 1. The van der Waals surface area contributed by atoms with E-state index in [1.165, 1.54) is 18.3 Å². The normalized spacial score (nSPS) is 18.1. The maximum Gasteiger partial charge on any atom is 0.252 e. The molecule has 6 heteroatoms.